The summed E-state index contributed by atoms with van der Waals surface area (Å²) in [4.78, 5) is 16.8. The minimum Gasteiger partial charge on any atom is -0.353 e. The number of nitrogens with zero attached hydrogens (tertiary/aromatic N) is 1. The van der Waals surface area contributed by atoms with E-state index in [0.717, 1.165) is 30.0 Å². The molecule has 0 aliphatic carbocycles. The molecular formula is C15H19N3OS. The third-order valence-electron chi connectivity index (χ3n) is 3.77. The molecule has 1 amide bonds. The Morgan fingerprint density at radius 2 is 2.25 bits per heavy atom. The Kier molecular flexibility index (Phi) is 3.48. The average molecular weight is 289 g/mol. The summed E-state index contributed by atoms with van der Waals surface area (Å²) in [6.07, 6.45) is 0.786. The molecule has 1 aromatic carbocycles. The maximum absolute atomic E-state index is 12.2. The van der Waals surface area contributed by atoms with Crippen molar-refractivity contribution >= 4 is 27.5 Å². The van der Waals surface area contributed by atoms with Gasteiger partial charge in [-0.1, -0.05) is 12.1 Å². The zero-order chi connectivity index (χ0) is 14.2. The summed E-state index contributed by atoms with van der Waals surface area (Å²) in [6.45, 7) is 5.59. The molecule has 0 spiro atoms. The molecule has 1 atom stereocenters. The fourth-order valence-corrected chi connectivity index (χ4v) is 3.47. The Hall–Kier alpha value is -1.46. The van der Waals surface area contributed by atoms with E-state index < -0.39 is 0 Å². The van der Waals surface area contributed by atoms with Crippen molar-refractivity contribution in [1.29, 1.82) is 0 Å². The number of carbonyl (C=O) groups is 1. The lowest BCUT2D eigenvalue weighted by Crippen LogP contribution is -2.60. The van der Waals surface area contributed by atoms with Crippen molar-refractivity contribution in [1.82, 2.24) is 15.6 Å². The smallest absolute Gasteiger partial charge is 0.228 e. The molecule has 1 aromatic heterocycles. The van der Waals surface area contributed by atoms with E-state index in [-0.39, 0.29) is 17.4 Å². The third-order valence-corrected chi connectivity index (χ3v) is 4.83. The molecule has 1 fully saturated rings. The largest absolute Gasteiger partial charge is 0.353 e. The normalized spacial score (nSPS) is 18.5. The highest BCUT2D eigenvalue weighted by molar-refractivity contribution is 7.18. The highest BCUT2D eigenvalue weighted by Crippen LogP contribution is 2.24. The maximum atomic E-state index is 12.2. The van der Waals surface area contributed by atoms with Crippen LogP contribution in [0.4, 0.5) is 0 Å². The number of nitrogens with one attached hydrogen (secondary N) is 2. The van der Waals surface area contributed by atoms with Crippen LogP contribution in [0.2, 0.25) is 0 Å². The fourth-order valence-electron chi connectivity index (χ4n) is 2.38. The number of fused-ring (bicyclic) bond motifs is 1. The first kappa shape index (κ1) is 13.5. The van der Waals surface area contributed by atoms with Crippen molar-refractivity contribution < 1.29 is 4.79 Å². The van der Waals surface area contributed by atoms with Crippen LogP contribution < -0.4 is 10.6 Å². The van der Waals surface area contributed by atoms with Gasteiger partial charge in [-0.05, 0) is 26.0 Å². The van der Waals surface area contributed by atoms with Gasteiger partial charge in [-0.2, -0.15) is 0 Å². The molecule has 0 bridgehead atoms. The number of hydrogen-bond acceptors (Lipinski definition) is 4. The van der Waals surface area contributed by atoms with Gasteiger partial charge < -0.3 is 10.6 Å². The second-order valence-electron chi connectivity index (χ2n) is 5.82. The second kappa shape index (κ2) is 5.14. The molecule has 2 heterocycles. The summed E-state index contributed by atoms with van der Waals surface area (Å²) in [6, 6.07) is 8.25. The molecule has 20 heavy (non-hydrogen) atoms. The molecule has 1 saturated heterocycles. The summed E-state index contributed by atoms with van der Waals surface area (Å²) in [5.74, 6) is 0.143. The molecule has 3 rings (SSSR count). The van der Waals surface area contributed by atoms with Crippen LogP contribution in [0, 0.1) is 5.41 Å². The number of hydrogen-bond donors (Lipinski definition) is 2. The lowest BCUT2D eigenvalue weighted by atomic mass is 9.83. The highest BCUT2D eigenvalue weighted by Gasteiger charge is 2.39. The minimum absolute atomic E-state index is 0.112. The molecule has 5 heteroatoms. The van der Waals surface area contributed by atoms with Gasteiger partial charge in [-0.15, -0.1) is 11.3 Å². The van der Waals surface area contributed by atoms with Crippen molar-refractivity contribution in [3.63, 3.8) is 0 Å². The van der Waals surface area contributed by atoms with Crippen LogP contribution in [0.5, 0.6) is 0 Å². The molecule has 106 valence electrons. The molecule has 0 saturated carbocycles. The summed E-state index contributed by atoms with van der Waals surface area (Å²) in [5, 5.41) is 7.33. The molecule has 1 unspecified atom stereocenters. The lowest BCUT2D eigenvalue weighted by Gasteiger charge is -2.38. The van der Waals surface area contributed by atoms with Gasteiger partial charge in [0, 0.05) is 25.6 Å². The van der Waals surface area contributed by atoms with Crippen LogP contribution in [-0.4, -0.2) is 30.0 Å². The van der Waals surface area contributed by atoms with Crippen molar-refractivity contribution in [2.75, 3.05) is 13.1 Å². The summed E-state index contributed by atoms with van der Waals surface area (Å²) in [5.41, 5.74) is 0.808. The summed E-state index contributed by atoms with van der Waals surface area (Å²) in [7, 11) is 0. The first-order valence-corrected chi connectivity index (χ1v) is 7.75. The van der Waals surface area contributed by atoms with E-state index in [1.807, 2.05) is 32.0 Å². The molecule has 4 nitrogen and oxygen atoms in total. The summed E-state index contributed by atoms with van der Waals surface area (Å²) >= 11 is 1.71. The van der Waals surface area contributed by atoms with E-state index in [1.165, 1.54) is 4.70 Å². The van der Waals surface area contributed by atoms with Gasteiger partial charge in [-0.25, -0.2) is 4.98 Å². The van der Waals surface area contributed by atoms with Crippen molar-refractivity contribution in [2.24, 2.45) is 5.41 Å². The number of aromatic nitrogens is 1. The molecule has 1 aliphatic rings. The molecule has 0 radical (unpaired) electrons. The Balaban J connectivity index is 1.63. The number of para-hydroxylation sites is 1. The third kappa shape index (κ3) is 2.55. The highest BCUT2D eigenvalue weighted by atomic mass is 32.1. The first-order chi connectivity index (χ1) is 9.57. The van der Waals surface area contributed by atoms with E-state index >= 15 is 0 Å². The monoisotopic (exact) mass is 289 g/mol. The molecular weight excluding hydrogens is 270 g/mol. The minimum atomic E-state index is -0.234. The Labute approximate surface area is 122 Å². The SMILES string of the molecule is CC(Cc1nc2ccccc2s1)NC(=O)C1(C)CNC1. The van der Waals surface area contributed by atoms with Gasteiger partial charge in [0.1, 0.15) is 0 Å². The number of thiazole rings is 1. The summed E-state index contributed by atoms with van der Waals surface area (Å²) < 4.78 is 1.20. The van der Waals surface area contributed by atoms with Gasteiger partial charge in [0.05, 0.1) is 20.6 Å². The number of carbonyl (C=O) groups excluding carboxylic acids is 1. The first-order valence-electron chi connectivity index (χ1n) is 6.93. The van der Waals surface area contributed by atoms with E-state index in [9.17, 15) is 4.79 Å². The van der Waals surface area contributed by atoms with Crippen LogP contribution in [0.1, 0.15) is 18.9 Å². The average Bonchev–Trinajstić information content (AvgIpc) is 2.77. The van der Waals surface area contributed by atoms with Crippen molar-refractivity contribution in [2.45, 2.75) is 26.3 Å². The maximum Gasteiger partial charge on any atom is 0.228 e. The van der Waals surface area contributed by atoms with E-state index in [4.69, 9.17) is 0 Å². The van der Waals surface area contributed by atoms with Crippen LogP contribution in [0.25, 0.3) is 10.2 Å². The van der Waals surface area contributed by atoms with E-state index in [0.29, 0.717) is 0 Å². The standard InChI is InChI=1S/C15H19N3OS/c1-10(17-14(19)15(2)8-16-9-15)7-13-18-11-5-3-4-6-12(11)20-13/h3-6,10,16H,7-9H2,1-2H3,(H,17,19). The number of rotatable bonds is 4. The van der Waals surface area contributed by atoms with E-state index in [1.54, 1.807) is 11.3 Å². The van der Waals surface area contributed by atoms with Crippen LogP contribution in [0.3, 0.4) is 0 Å². The van der Waals surface area contributed by atoms with Gasteiger partial charge in [0.15, 0.2) is 0 Å². The Morgan fingerprint density at radius 3 is 2.90 bits per heavy atom. The van der Waals surface area contributed by atoms with Gasteiger partial charge >= 0.3 is 0 Å². The van der Waals surface area contributed by atoms with Crippen molar-refractivity contribution in [3.8, 4) is 0 Å². The van der Waals surface area contributed by atoms with Gasteiger partial charge in [0.2, 0.25) is 5.91 Å². The van der Waals surface area contributed by atoms with Gasteiger partial charge in [0.25, 0.3) is 0 Å². The quantitative estimate of drug-likeness (QED) is 0.904. The van der Waals surface area contributed by atoms with Crippen LogP contribution in [-0.2, 0) is 11.2 Å². The molecule has 2 N–H and O–H groups in total. The Bertz CT molecular complexity index is 600. The zero-order valence-corrected chi connectivity index (χ0v) is 12.6. The lowest BCUT2D eigenvalue weighted by molar-refractivity contribution is -0.133. The molecule has 2 aromatic rings. The fraction of sp³-hybridized carbons (Fsp3) is 0.467. The predicted octanol–water partition coefficient (Wildman–Crippen LogP) is 1.95. The number of amides is 1. The van der Waals surface area contributed by atoms with E-state index in [2.05, 4.69) is 21.7 Å². The predicted molar refractivity (Wildman–Crippen MR) is 81.9 cm³/mol. The van der Waals surface area contributed by atoms with Crippen molar-refractivity contribution in [3.05, 3.63) is 29.3 Å². The van der Waals surface area contributed by atoms with Crippen LogP contribution in [0.15, 0.2) is 24.3 Å². The molecule has 1 aliphatic heterocycles. The van der Waals surface area contributed by atoms with Gasteiger partial charge in [-0.3, -0.25) is 4.79 Å². The topological polar surface area (TPSA) is 54.0 Å². The second-order valence-corrected chi connectivity index (χ2v) is 6.93. The van der Waals surface area contributed by atoms with Crippen LogP contribution >= 0.6 is 11.3 Å². The Morgan fingerprint density at radius 1 is 1.50 bits per heavy atom. The number of benzene rings is 1. The zero-order valence-electron chi connectivity index (χ0n) is 11.8.